The second-order valence-electron chi connectivity index (χ2n) is 4.74. The summed E-state index contributed by atoms with van der Waals surface area (Å²) in [5.41, 5.74) is 5.92. The summed E-state index contributed by atoms with van der Waals surface area (Å²) in [5.74, 6) is 0.291. The monoisotopic (exact) mass is 241 g/mol. The van der Waals surface area contributed by atoms with Crippen LogP contribution in [0.15, 0.2) is 0 Å². The first-order valence-electron chi connectivity index (χ1n) is 6.27. The summed E-state index contributed by atoms with van der Waals surface area (Å²) in [6, 6.07) is -0.413. The number of carbonyl (C=O) groups is 2. The van der Waals surface area contributed by atoms with Crippen LogP contribution in [0.3, 0.4) is 0 Å². The topological polar surface area (TPSA) is 66.6 Å². The van der Waals surface area contributed by atoms with Gasteiger partial charge in [0.25, 0.3) is 0 Å². The Morgan fingerprint density at radius 1 is 1.18 bits per heavy atom. The highest BCUT2D eigenvalue weighted by Crippen LogP contribution is 2.10. The van der Waals surface area contributed by atoms with Gasteiger partial charge in [-0.2, -0.15) is 0 Å². The van der Waals surface area contributed by atoms with Crippen molar-refractivity contribution >= 4 is 11.8 Å². The van der Waals surface area contributed by atoms with Crippen molar-refractivity contribution in [2.24, 2.45) is 11.7 Å². The van der Waals surface area contributed by atoms with Gasteiger partial charge in [0.1, 0.15) is 0 Å². The van der Waals surface area contributed by atoms with Crippen LogP contribution in [0.25, 0.3) is 0 Å². The molecule has 0 saturated carbocycles. The maximum atomic E-state index is 12.1. The SMILES string of the molecule is CC[C@H](C)[C@H](N)C(=O)N1CCN(C(C)=O)CC1. The highest BCUT2D eigenvalue weighted by molar-refractivity contribution is 5.82. The lowest BCUT2D eigenvalue weighted by Crippen LogP contribution is -2.55. The molecule has 2 atom stereocenters. The second kappa shape index (κ2) is 6.00. The molecule has 1 heterocycles. The lowest BCUT2D eigenvalue weighted by Gasteiger charge is -2.36. The van der Waals surface area contributed by atoms with E-state index in [0.29, 0.717) is 26.2 Å². The van der Waals surface area contributed by atoms with Crippen molar-refractivity contribution in [3.05, 3.63) is 0 Å². The molecule has 2 N–H and O–H groups in total. The Hall–Kier alpha value is -1.10. The summed E-state index contributed by atoms with van der Waals surface area (Å²) in [5, 5.41) is 0. The molecule has 1 aliphatic heterocycles. The van der Waals surface area contributed by atoms with Crippen LogP contribution in [0.4, 0.5) is 0 Å². The van der Waals surface area contributed by atoms with Crippen LogP contribution in [0.1, 0.15) is 27.2 Å². The third kappa shape index (κ3) is 3.43. The van der Waals surface area contributed by atoms with Gasteiger partial charge >= 0.3 is 0 Å². The van der Waals surface area contributed by atoms with Crippen LogP contribution in [-0.2, 0) is 9.59 Å². The van der Waals surface area contributed by atoms with Gasteiger partial charge < -0.3 is 15.5 Å². The molecule has 1 rings (SSSR count). The minimum Gasteiger partial charge on any atom is -0.339 e. The first kappa shape index (κ1) is 14.0. The molecule has 17 heavy (non-hydrogen) atoms. The maximum absolute atomic E-state index is 12.1. The van der Waals surface area contributed by atoms with Gasteiger partial charge in [-0.1, -0.05) is 20.3 Å². The molecule has 0 aromatic heterocycles. The van der Waals surface area contributed by atoms with E-state index in [0.717, 1.165) is 6.42 Å². The van der Waals surface area contributed by atoms with Gasteiger partial charge in [0, 0.05) is 33.1 Å². The van der Waals surface area contributed by atoms with Crippen LogP contribution in [-0.4, -0.2) is 53.8 Å². The van der Waals surface area contributed by atoms with Gasteiger partial charge in [0.2, 0.25) is 11.8 Å². The molecule has 5 heteroatoms. The van der Waals surface area contributed by atoms with Crippen molar-refractivity contribution in [3.8, 4) is 0 Å². The molecule has 5 nitrogen and oxygen atoms in total. The largest absolute Gasteiger partial charge is 0.339 e. The van der Waals surface area contributed by atoms with E-state index < -0.39 is 6.04 Å². The molecule has 1 fully saturated rings. The van der Waals surface area contributed by atoms with Gasteiger partial charge in [0.15, 0.2) is 0 Å². The van der Waals surface area contributed by atoms with E-state index in [-0.39, 0.29) is 17.7 Å². The van der Waals surface area contributed by atoms with Crippen molar-refractivity contribution in [2.75, 3.05) is 26.2 Å². The summed E-state index contributed by atoms with van der Waals surface area (Å²) in [6.45, 7) is 8.02. The molecular formula is C12H23N3O2. The highest BCUT2D eigenvalue weighted by Gasteiger charge is 2.28. The molecule has 1 aliphatic rings. The first-order chi connectivity index (χ1) is 7.97. The number of rotatable bonds is 3. The van der Waals surface area contributed by atoms with E-state index in [1.807, 2.05) is 13.8 Å². The van der Waals surface area contributed by atoms with Gasteiger partial charge in [-0.3, -0.25) is 9.59 Å². The fourth-order valence-electron chi connectivity index (χ4n) is 1.95. The number of hydrogen-bond acceptors (Lipinski definition) is 3. The number of piperazine rings is 1. The minimum atomic E-state index is -0.413. The molecule has 0 aromatic rings. The smallest absolute Gasteiger partial charge is 0.239 e. The van der Waals surface area contributed by atoms with Crippen LogP contribution < -0.4 is 5.73 Å². The number of amides is 2. The number of nitrogens with two attached hydrogens (primary N) is 1. The third-order valence-electron chi connectivity index (χ3n) is 3.58. The number of nitrogens with zero attached hydrogens (tertiary/aromatic N) is 2. The van der Waals surface area contributed by atoms with Crippen molar-refractivity contribution in [1.82, 2.24) is 9.80 Å². The van der Waals surface area contributed by atoms with Crippen LogP contribution in [0, 0.1) is 5.92 Å². The van der Waals surface area contributed by atoms with Crippen molar-refractivity contribution in [2.45, 2.75) is 33.2 Å². The summed E-state index contributed by atoms with van der Waals surface area (Å²) in [7, 11) is 0. The molecule has 0 bridgehead atoms. The molecule has 0 spiro atoms. The van der Waals surface area contributed by atoms with E-state index in [9.17, 15) is 9.59 Å². The first-order valence-corrected chi connectivity index (χ1v) is 6.27. The Morgan fingerprint density at radius 2 is 1.65 bits per heavy atom. The van der Waals surface area contributed by atoms with Crippen LogP contribution in [0.2, 0.25) is 0 Å². The predicted molar refractivity (Wildman–Crippen MR) is 66.3 cm³/mol. The average molecular weight is 241 g/mol. The Morgan fingerprint density at radius 3 is 2.06 bits per heavy atom. The van der Waals surface area contributed by atoms with Gasteiger partial charge in [-0.25, -0.2) is 0 Å². The minimum absolute atomic E-state index is 0.0163. The van der Waals surface area contributed by atoms with Gasteiger partial charge in [0.05, 0.1) is 6.04 Å². The molecule has 0 aliphatic carbocycles. The molecule has 98 valence electrons. The number of hydrogen-bond donors (Lipinski definition) is 1. The zero-order valence-corrected chi connectivity index (χ0v) is 11.0. The molecule has 0 unspecified atom stereocenters. The standard InChI is InChI=1S/C12H23N3O2/c1-4-9(2)11(13)12(17)15-7-5-14(6-8-15)10(3)16/h9,11H,4-8,13H2,1-3H3/t9-,11-/m0/s1. The molecule has 0 radical (unpaired) electrons. The maximum Gasteiger partial charge on any atom is 0.239 e. The van der Waals surface area contributed by atoms with E-state index in [1.54, 1.807) is 16.7 Å². The van der Waals surface area contributed by atoms with Crippen molar-refractivity contribution < 1.29 is 9.59 Å². The summed E-state index contributed by atoms with van der Waals surface area (Å²) in [4.78, 5) is 26.8. The Kier molecular flexibility index (Phi) is 4.93. The van der Waals surface area contributed by atoms with E-state index >= 15 is 0 Å². The fourth-order valence-corrected chi connectivity index (χ4v) is 1.95. The van der Waals surface area contributed by atoms with E-state index in [1.165, 1.54) is 0 Å². The quantitative estimate of drug-likeness (QED) is 0.759. The molecular weight excluding hydrogens is 218 g/mol. The summed E-state index contributed by atoms with van der Waals surface area (Å²) >= 11 is 0. The fraction of sp³-hybridized carbons (Fsp3) is 0.833. The average Bonchev–Trinajstić information content (AvgIpc) is 2.36. The molecule has 1 saturated heterocycles. The zero-order chi connectivity index (χ0) is 13.0. The Bertz CT molecular complexity index is 285. The van der Waals surface area contributed by atoms with Crippen LogP contribution in [0.5, 0.6) is 0 Å². The third-order valence-corrected chi connectivity index (χ3v) is 3.58. The second-order valence-corrected chi connectivity index (χ2v) is 4.74. The summed E-state index contributed by atoms with van der Waals surface area (Å²) in [6.07, 6.45) is 0.903. The Labute approximate surface area is 103 Å². The predicted octanol–water partition coefficient (Wildman–Crippen LogP) is 0.0505. The lowest BCUT2D eigenvalue weighted by molar-refractivity contribution is -0.140. The van der Waals surface area contributed by atoms with Gasteiger partial charge in [-0.15, -0.1) is 0 Å². The van der Waals surface area contributed by atoms with Crippen molar-refractivity contribution in [3.63, 3.8) is 0 Å². The van der Waals surface area contributed by atoms with Gasteiger partial charge in [-0.05, 0) is 5.92 Å². The summed E-state index contributed by atoms with van der Waals surface area (Å²) < 4.78 is 0. The normalized spacial score (nSPS) is 20.0. The lowest BCUT2D eigenvalue weighted by atomic mass is 9.98. The van der Waals surface area contributed by atoms with Crippen molar-refractivity contribution in [1.29, 1.82) is 0 Å². The van der Waals surface area contributed by atoms with E-state index in [4.69, 9.17) is 5.73 Å². The Balaban J connectivity index is 2.48. The van der Waals surface area contributed by atoms with E-state index in [2.05, 4.69) is 0 Å². The zero-order valence-electron chi connectivity index (χ0n) is 11.0. The number of carbonyl (C=O) groups excluding carboxylic acids is 2. The molecule has 0 aromatic carbocycles. The molecule has 2 amide bonds. The highest BCUT2D eigenvalue weighted by atomic mass is 16.2. The van der Waals surface area contributed by atoms with Crippen LogP contribution >= 0.6 is 0 Å².